The number of hydrogen-bond donors (Lipinski definition) is 1. The van der Waals surface area contributed by atoms with E-state index in [4.69, 9.17) is 15.1 Å². The van der Waals surface area contributed by atoms with E-state index in [1.165, 1.54) is 0 Å². The average Bonchev–Trinajstić information content (AvgIpc) is 3.29. The molecule has 5 nitrogen and oxygen atoms in total. The van der Waals surface area contributed by atoms with Crippen LogP contribution in [-0.2, 0) is 4.79 Å². The molecule has 0 spiro atoms. The van der Waals surface area contributed by atoms with Crippen molar-refractivity contribution in [3.8, 4) is 11.8 Å². The molecule has 1 saturated carbocycles. The molecule has 1 aromatic carbocycles. The highest BCUT2D eigenvalue weighted by molar-refractivity contribution is 5.81. The van der Waals surface area contributed by atoms with Crippen molar-refractivity contribution < 1.29 is 14.6 Å². The van der Waals surface area contributed by atoms with Crippen LogP contribution in [0, 0.1) is 11.3 Å². The number of carbonyl (C=O) groups is 1. The first kappa shape index (κ1) is 14.4. The molecule has 1 amide bonds. The second-order valence-electron chi connectivity index (χ2n) is 4.85. The van der Waals surface area contributed by atoms with Crippen LogP contribution in [0.1, 0.15) is 25.3 Å². The second-order valence-corrected chi connectivity index (χ2v) is 4.85. The monoisotopic (exact) mass is 274 g/mol. The van der Waals surface area contributed by atoms with E-state index in [0.717, 1.165) is 12.8 Å². The fourth-order valence-corrected chi connectivity index (χ4v) is 2.10. The minimum absolute atomic E-state index is 0.0518. The highest BCUT2D eigenvalue weighted by Gasteiger charge is 2.34. The lowest BCUT2D eigenvalue weighted by molar-refractivity contribution is -0.139. The molecule has 1 unspecified atom stereocenters. The molecule has 1 atom stereocenters. The summed E-state index contributed by atoms with van der Waals surface area (Å²) in [7, 11) is 0. The summed E-state index contributed by atoms with van der Waals surface area (Å²) in [6, 6.07) is 9.11. The van der Waals surface area contributed by atoms with Crippen molar-refractivity contribution in [2.75, 3.05) is 13.2 Å². The maximum Gasteiger partial charge on any atom is 0.263 e. The topological polar surface area (TPSA) is 73.6 Å². The molecule has 0 radical (unpaired) electrons. The Morgan fingerprint density at radius 3 is 2.85 bits per heavy atom. The SMILES string of the molecule is CC(Oc1ccccc1C#N)C(=O)N(CCO)C1CC1. The number of nitriles is 1. The average molecular weight is 274 g/mol. The van der Waals surface area contributed by atoms with Gasteiger partial charge in [0, 0.05) is 12.6 Å². The van der Waals surface area contributed by atoms with Gasteiger partial charge in [0.05, 0.1) is 12.2 Å². The Labute approximate surface area is 118 Å². The normalized spacial score (nSPS) is 15.2. The summed E-state index contributed by atoms with van der Waals surface area (Å²) in [6.07, 6.45) is 1.29. The van der Waals surface area contributed by atoms with Gasteiger partial charge in [-0.3, -0.25) is 4.79 Å². The van der Waals surface area contributed by atoms with Gasteiger partial charge in [-0.15, -0.1) is 0 Å². The first-order chi connectivity index (χ1) is 9.67. The summed E-state index contributed by atoms with van der Waals surface area (Å²) >= 11 is 0. The van der Waals surface area contributed by atoms with Crippen LogP contribution in [0.3, 0.4) is 0 Å². The molecule has 106 valence electrons. The van der Waals surface area contributed by atoms with Gasteiger partial charge in [0.25, 0.3) is 5.91 Å². The number of amides is 1. The smallest absolute Gasteiger partial charge is 0.263 e. The van der Waals surface area contributed by atoms with E-state index in [9.17, 15) is 4.79 Å². The van der Waals surface area contributed by atoms with Gasteiger partial charge in [0.2, 0.25) is 0 Å². The lowest BCUT2D eigenvalue weighted by Gasteiger charge is -2.25. The lowest BCUT2D eigenvalue weighted by atomic mass is 10.2. The lowest BCUT2D eigenvalue weighted by Crippen LogP contribution is -2.43. The third-order valence-electron chi connectivity index (χ3n) is 3.27. The van der Waals surface area contributed by atoms with Crippen molar-refractivity contribution >= 4 is 5.91 Å². The van der Waals surface area contributed by atoms with Gasteiger partial charge in [0.1, 0.15) is 11.8 Å². The molecule has 0 aliphatic heterocycles. The zero-order valence-electron chi connectivity index (χ0n) is 11.5. The number of aliphatic hydroxyl groups excluding tert-OH is 1. The summed E-state index contributed by atoms with van der Waals surface area (Å²) < 4.78 is 5.61. The Bertz CT molecular complexity index is 520. The summed E-state index contributed by atoms with van der Waals surface area (Å²) in [5, 5.41) is 18.0. The van der Waals surface area contributed by atoms with Crippen LogP contribution in [0.15, 0.2) is 24.3 Å². The first-order valence-electron chi connectivity index (χ1n) is 6.74. The molecule has 0 aromatic heterocycles. The van der Waals surface area contributed by atoms with Crippen LogP contribution in [-0.4, -0.2) is 41.2 Å². The largest absolute Gasteiger partial charge is 0.480 e. The molecule has 1 N–H and O–H groups in total. The van der Waals surface area contributed by atoms with Gasteiger partial charge < -0.3 is 14.7 Å². The van der Waals surface area contributed by atoms with Gasteiger partial charge in [0.15, 0.2) is 6.10 Å². The number of para-hydroxylation sites is 1. The Balaban J connectivity index is 2.05. The minimum Gasteiger partial charge on any atom is -0.480 e. The molecule has 1 aliphatic rings. The van der Waals surface area contributed by atoms with Gasteiger partial charge >= 0.3 is 0 Å². The van der Waals surface area contributed by atoms with Crippen LogP contribution in [0.2, 0.25) is 0 Å². The molecular weight excluding hydrogens is 256 g/mol. The van der Waals surface area contributed by atoms with Crippen LogP contribution >= 0.6 is 0 Å². The highest BCUT2D eigenvalue weighted by atomic mass is 16.5. The second kappa shape index (κ2) is 6.40. The Morgan fingerprint density at radius 1 is 1.55 bits per heavy atom. The van der Waals surface area contributed by atoms with E-state index < -0.39 is 6.10 Å². The van der Waals surface area contributed by atoms with E-state index in [1.807, 2.05) is 6.07 Å². The Hall–Kier alpha value is -2.06. The molecule has 0 heterocycles. The molecule has 0 bridgehead atoms. The highest BCUT2D eigenvalue weighted by Crippen LogP contribution is 2.28. The van der Waals surface area contributed by atoms with Crippen LogP contribution in [0.25, 0.3) is 0 Å². The van der Waals surface area contributed by atoms with Crippen molar-refractivity contribution in [3.63, 3.8) is 0 Å². The Morgan fingerprint density at radius 2 is 2.25 bits per heavy atom. The van der Waals surface area contributed by atoms with Crippen LogP contribution in [0.4, 0.5) is 0 Å². The van der Waals surface area contributed by atoms with E-state index in [2.05, 4.69) is 0 Å². The number of benzene rings is 1. The van der Waals surface area contributed by atoms with E-state index in [0.29, 0.717) is 17.9 Å². The summed E-state index contributed by atoms with van der Waals surface area (Å²) in [6.45, 7) is 1.95. The van der Waals surface area contributed by atoms with Crippen molar-refractivity contribution in [2.45, 2.75) is 31.9 Å². The number of carbonyl (C=O) groups excluding carboxylic acids is 1. The predicted octanol–water partition coefficient (Wildman–Crippen LogP) is 1.31. The van der Waals surface area contributed by atoms with E-state index >= 15 is 0 Å². The number of aliphatic hydroxyl groups is 1. The molecule has 2 rings (SSSR count). The minimum atomic E-state index is -0.670. The first-order valence-corrected chi connectivity index (χ1v) is 6.74. The van der Waals surface area contributed by atoms with Crippen molar-refractivity contribution in [1.82, 2.24) is 4.90 Å². The summed E-state index contributed by atoms with van der Waals surface area (Å²) in [5.41, 5.74) is 0.410. The fraction of sp³-hybridized carbons (Fsp3) is 0.467. The summed E-state index contributed by atoms with van der Waals surface area (Å²) in [5.74, 6) is 0.268. The van der Waals surface area contributed by atoms with Gasteiger partial charge in [-0.2, -0.15) is 5.26 Å². The number of nitrogens with zero attached hydrogens (tertiary/aromatic N) is 2. The fourth-order valence-electron chi connectivity index (χ4n) is 2.10. The molecule has 1 aliphatic carbocycles. The van der Waals surface area contributed by atoms with Crippen molar-refractivity contribution in [3.05, 3.63) is 29.8 Å². The predicted molar refractivity (Wildman–Crippen MR) is 73.1 cm³/mol. The van der Waals surface area contributed by atoms with E-state index in [-0.39, 0.29) is 18.6 Å². The quantitative estimate of drug-likeness (QED) is 0.848. The Kier molecular flexibility index (Phi) is 4.59. The van der Waals surface area contributed by atoms with Crippen molar-refractivity contribution in [1.29, 1.82) is 5.26 Å². The van der Waals surface area contributed by atoms with E-state index in [1.54, 1.807) is 36.1 Å². The number of ether oxygens (including phenoxy) is 1. The van der Waals surface area contributed by atoms with Crippen molar-refractivity contribution in [2.24, 2.45) is 0 Å². The maximum absolute atomic E-state index is 12.3. The third-order valence-corrected chi connectivity index (χ3v) is 3.27. The molecule has 20 heavy (non-hydrogen) atoms. The third kappa shape index (κ3) is 3.28. The molecular formula is C15H18N2O3. The van der Waals surface area contributed by atoms with Crippen LogP contribution < -0.4 is 4.74 Å². The zero-order valence-corrected chi connectivity index (χ0v) is 11.5. The molecule has 0 saturated heterocycles. The maximum atomic E-state index is 12.3. The van der Waals surface area contributed by atoms with Gasteiger partial charge in [-0.05, 0) is 31.9 Å². The van der Waals surface area contributed by atoms with Gasteiger partial charge in [-0.25, -0.2) is 0 Å². The molecule has 5 heteroatoms. The standard InChI is InChI=1S/C15H18N2O3/c1-11(15(19)17(8-9-18)13-6-7-13)20-14-5-3-2-4-12(14)10-16/h2-5,11,13,18H,6-9H2,1H3. The summed E-state index contributed by atoms with van der Waals surface area (Å²) in [4.78, 5) is 14.0. The van der Waals surface area contributed by atoms with Crippen LogP contribution in [0.5, 0.6) is 5.75 Å². The molecule has 1 aromatic rings. The van der Waals surface area contributed by atoms with Gasteiger partial charge in [-0.1, -0.05) is 12.1 Å². The molecule has 1 fully saturated rings. The number of rotatable bonds is 6. The zero-order chi connectivity index (χ0) is 14.5. The number of hydrogen-bond acceptors (Lipinski definition) is 4.